The standard InChI is InChI=1S/C10H13ClN2O4S2/c1-10(2)4-6(10)5-12-19(16,17)8-3-7(13(14)15)9(11)18-8/h3,6,12H,4-5H2,1-2H3. The molecule has 0 aromatic carbocycles. The molecule has 0 aliphatic heterocycles. The van der Waals surface area contributed by atoms with Gasteiger partial charge in [-0.05, 0) is 17.8 Å². The summed E-state index contributed by atoms with van der Waals surface area (Å²) in [6, 6.07) is 0.993. The molecule has 1 aliphatic rings. The molecule has 1 aromatic rings. The predicted octanol–water partition coefficient (Wildman–Crippen LogP) is 2.63. The molecule has 1 N–H and O–H groups in total. The summed E-state index contributed by atoms with van der Waals surface area (Å²) in [5.41, 5.74) is -0.208. The summed E-state index contributed by atoms with van der Waals surface area (Å²) in [4.78, 5) is 9.94. The van der Waals surface area contributed by atoms with Gasteiger partial charge in [-0.2, -0.15) is 0 Å². The molecule has 1 aromatic heterocycles. The van der Waals surface area contributed by atoms with Crippen LogP contribution < -0.4 is 4.72 Å². The van der Waals surface area contributed by atoms with Gasteiger partial charge in [0, 0.05) is 12.6 Å². The predicted molar refractivity (Wildman–Crippen MR) is 73.1 cm³/mol. The van der Waals surface area contributed by atoms with E-state index >= 15 is 0 Å². The highest BCUT2D eigenvalue weighted by Crippen LogP contribution is 2.51. The topological polar surface area (TPSA) is 89.3 Å². The van der Waals surface area contributed by atoms with Gasteiger partial charge in [0.15, 0.2) is 4.34 Å². The SMILES string of the molecule is CC1(C)CC1CNS(=O)(=O)c1cc([N+](=O)[O-])c(Cl)s1. The van der Waals surface area contributed by atoms with Gasteiger partial charge in [-0.25, -0.2) is 13.1 Å². The summed E-state index contributed by atoms with van der Waals surface area (Å²) < 4.78 is 26.2. The lowest BCUT2D eigenvalue weighted by atomic mass is 10.1. The number of nitro groups is 1. The molecule has 0 bridgehead atoms. The normalized spacial score (nSPS) is 21.3. The molecule has 1 heterocycles. The minimum absolute atomic E-state index is 0.123. The van der Waals surface area contributed by atoms with Gasteiger partial charge in [-0.3, -0.25) is 10.1 Å². The summed E-state index contributed by atoms with van der Waals surface area (Å²) in [6.45, 7) is 4.48. The second kappa shape index (κ2) is 4.69. The lowest BCUT2D eigenvalue weighted by Crippen LogP contribution is -2.26. The maximum absolute atomic E-state index is 12.0. The quantitative estimate of drug-likeness (QED) is 0.666. The Labute approximate surface area is 120 Å². The Morgan fingerprint density at radius 1 is 1.63 bits per heavy atom. The number of nitrogens with zero attached hydrogens (tertiary/aromatic N) is 1. The molecular formula is C10H13ClN2O4S2. The van der Waals surface area contributed by atoms with Gasteiger partial charge >= 0.3 is 0 Å². The van der Waals surface area contributed by atoms with Crippen molar-refractivity contribution in [3.8, 4) is 0 Å². The van der Waals surface area contributed by atoms with Gasteiger partial charge in [0.1, 0.15) is 4.21 Å². The summed E-state index contributed by atoms with van der Waals surface area (Å²) >= 11 is 6.35. The van der Waals surface area contributed by atoms with Crippen LogP contribution in [-0.2, 0) is 10.0 Å². The fourth-order valence-electron chi connectivity index (χ4n) is 1.80. The first kappa shape index (κ1) is 14.7. The minimum atomic E-state index is -3.72. The van der Waals surface area contributed by atoms with Crippen LogP contribution in [0.2, 0.25) is 4.34 Å². The van der Waals surface area contributed by atoms with Crippen LogP contribution in [0.25, 0.3) is 0 Å². The van der Waals surface area contributed by atoms with E-state index in [9.17, 15) is 18.5 Å². The van der Waals surface area contributed by atoms with Crippen molar-refractivity contribution >= 4 is 38.6 Å². The fourth-order valence-corrected chi connectivity index (χ4v) is 4.59. The second-order valence-electron chi connectivity index (χ2n) is 5.22. The minimum Gasteiger partial charge on any atom is -0.258 e. The smallest absolute Gasteiger partial charge is 0.258 e. The number of sulfonamides is 1. The molecule has 0 amide bonds. The van der Waals surface area contributed by atoms with Crippen LogP contribution in [0.15, 0.2) is 10.3 Å². The van der Waals surface area contributed by atoms with Crippen molar-refractivity contribution in [1.29, 1.82) is 0 Å². The number of nitrogens with one attached hydrogen (secondary N) is 1. The third kappa shape index (κ3) is 3.07. The Morgan fingerprint density at radius 3 is 2.63 bits per heavy atom. The Kier molecular flexibility index (Phi) is 3.63. The van der Waals surface area contributed by atoms with Gasteiger partial charge in [0.2, 0.25) is 10.0 Å². The summed E-state index contributed by atoms with van der Waals surface area (Å²) in [5, 5.41) is 10.6. The second-order valence-corrected chi connectivity index (χ2v) is 8.87. The number of hydrogen-bond donors (Lipinski definition) is 1. The molecule has 1 aliphatic carbocycles. The van der Waals surface area contributed by atoms with Crippen LogP contribution in [0.3, 0.4) is 0 Å². The van der Waals surface area contributed by atoms with E-state index in [1.165, 1.54) is 0 Å². The first-order chi connectivity index (χ1) is 8.63. The average molecular weight is 325 g/mol. The van der Waals surface area contributed by atoms with E-state index in [2.05, 4.69) is 18.6 Å². The molecule has 19 heavy (non-hydrogen) atoms. The van der Waals surface area contributed by atoms with E-state index in [4.69, 9.17) is 11.6 Å². The zero-order valence-electron chi connectivity index (χ0n) is 10.3. The first-order valence-electron chi connectivity index (χ1n) is 5.57. The van der Waals surface area contributed by atoms with Crippen molar-refractivity contribution in [2.75, 3.05) is 6.54 Å². The average Bonchev–Trinajstić information content (AvgIpc) is 2.69. The summed E-state index contributed by atoms with van der Waals surface area (Å²) in [7, 11) is -3.72. The zero-order chi connectivity index (χ0) is 14.4. The monoisotopic (exact) mass is 324 g/mol. The van der Waals surface area contributed by atoms with Crippen LogP contribution in [0, 0.1) is 21.4 Å². The Morgan fingerprint density at radius 2 is 2.21 bits per heavy atom. The highest BCUT2D eigenvalue weighted by molar-refractivity contribution is 7.91. The van der Waals surface area contributed by atoms with Crippen LogP contribution >= 0.6 is 22.9 Å². The lowest BCUT2D eigenvalue weighted by molar-refractivity contribution is -0.384. The van der Waals surface area contributed by atoms with Crippen LogP contribution in [0.5, 0.6) is 0 Å². The molecule has 2 rings (SSSR count). The number of rotatable bonds is 5. The van der Waals surface area contributed by atoms with Crippen molar-refractivity contribution in [2.24, 2.45) is 11.3 Å². The van der Waals surface area contributed by atoms with Gasteiger partial charge in [-0.1, -0.05) is 25.4 Å². The molecule has 106 valence electrons. The van der Waals surface area contributed by atoms with E-state index in [-0.39, 0.29) is 19.6 Å². The lowest BCUT2D eigenvalue weighted by Gasteiger charge is -2.05. The third-order valence-electron chi connectivity index (χ3n) is 3.35. The molecule has 1 saturated carbocycles. The Balaban J connectivity index is 2.11. The van der Waals surface area contributed by atoms with Crippen molar-refractivity contribution in [3.05, 3.63) is 20.5 Å². The fraction of sp³-hybridized carbons (Fsp3) is 0.600. The molecule has 1 fully saturated rings. The molecule has 0 spiro atoms. The maximum atomic E-state index is 12.0. The highest BCUT2D eigenvalue weighted by atomic mass is 35.5. The van der Waals surface area contributed by atoms with Gasteiger partial charge in [0.05, 0.1) is 4.92 Å². The van der Waals surface area contributed by atoms with E-state index < -0.39 is 14.9 Å². The van der Waals surface area contributed by atoms with Gasteiger partial charge in [0.25, 0.3) is 5.69 Å². The Hall–Kier alpha value is -0.700. The number of hydrogen-bond acceptors (Lipinski definition) is 5. The Bertz CT molecular complexity index is 623. The van der Waals surface area contributed by atoms with Crippen LogP contribution in [0.1, 0.15) is 20.3 Å². The maximum Gasteiger partial charge on any atom is 0.300 e. The van der Waals surface area contributed by atoms with Crippen molar-refractivity contribution in [1.82, 2.24) is 4.72 Å². The number of thiophene rings is 1. The number of halogens is 1. The molecule has 0 saturated heterocycles. The molecular weight excluding hydrogens is 312 g/mol. The zero-order valence-corrected chi connectivity index (χ0v) is 12.7. The van der Waals surface area contributed by atoms with Gasteiger partial charge in [-0.15, -0.1) is 11.3 Å². The van der Waals surface area contributed by atoms with Crippen LogP contribution in [-0.4, -0.2) is 19.9 Å². The molecule has 1 atom stereocenters. The molecule has 0 radical (unpaired) electrons. The van der Waals surface area contributed by atoms with Crippen molar-refractivity contribution in [2.45, 2.75) is 24.5 Å². The summed E-state index contributed by atoms with van der Waals surface area (Å²) in [5.74, 6) is 0.313. The largest absolute Gasteiger partial charge is 0.300 e. The van der Waals surface area contributed by atoms with E-state index in [1.807, 2.05) is 0 Å². The summed E-state index contributed by atoms with van der Waals surface area (Å²) in [6.07, 6.45) is 0.973. The van der Waals surface area contributed by atoms with E-state index in [1.54, 1.807) is 0 Å². The first-order valence-corrected chi connectivity index (χ1v) is 8.24. The van der Waals surface area contributed by atoms with Crippen molar-refractivity contribution in [3.63, 3.8) is 0 Å². The van der Waals surface area contributed by atoms with Gasteiger partial charge < -0.3 is 0 Å². The van der Waals surface area contributed by atoms with E-state index in [0.29, 0.717) is 23.8 Å². The molecule has 9 heteroatoms. The molecule has 1 unspecified atom stereocenters. The highest BCUT2D eigenvalue weighted by Gasteiger charge is 2.45. The van der Waals surface area contributed by atoms with Crippen molar-refractivity contribution < 1.29 is 13.3 Å². The third-order valence-corrected chi connectivity index (χ3v) is 6.58. The van der Waals surface area contributed by atoms with Crippen LogP contribution in [0.4, 0.5) is 5.69 Å². The molecule has 6 nitrogen and oxygen atoms in total. The van der Waals surface area contributed by atoms with E-state index in [0.717, 1.165) is 12.5 Å².